The highest BCUT2D eigenvalue weighted by molar-refractivity contribution is 5.83. The molecule has 1 aliphatic carbocycles. The summed E-state index contributed by atoms with van der Waals surface area (Å²) in [5.74, 6) is -1.42. The average molecular weight is 459 g/mol. The van der Waals surface area contributed by atoms with Crippen LogP contribution in [0.1, 0.15) is 68.3 Å². The van der Waals surface area contributed by atoms with Gasteiger partial charge in [0, 0.05) is 50.4 Å². The van der Waals surface area contributed by atoms with Gasteiger partial charge in [-0.3, -0.25) is 9.78 Å². The maximum absolute atomic E-state index is 13.0. The molecular weight excluding hydrogens is 424 g/mol. The van der Waals surface area contributed by atoms with Crippen LogP contribution in [0.3, 0.4) is 0 Å². The molecular formula is C24H34N4O5. The highest BCUT2D eigenvalue weighted by Gasteiger charge is 2.45. The van der Waals surface area contributed by atoms with Crippen LogP contribution in [-0.4, -0.2) is 80.7 Å². The van der Waals surface area contributed by atoms with Crippen molar-refractivity contribution >= 4 is 17.9 Å². The molecule has 0 aromatic carbocycles. The molecule has 9 nitrogen and oxygen atoms in total. The van der Waals surface area contributed by atoms with E-state index in [0.29, 0.717) is 19.0 Å². The summed E-state index contributed by atoms with van der Waals surface area (Å²) in [5.41, 5.74) is 2.20. The van der Waals surface area contributed by atoms with Crippen molar-refractivity contribution in [2.45, 2.75) is 75.9 Å². The van der Waals surface area contributed by atoms with Crippen molar-refractivity contribution in [1.29, 1.82) is 0 Å². The lowest BCUT2D eigenvalue weighted by molar-refractivity contribution is -0.152. The highest BCUT2D eigenvalue weighted by atomic mass is 16.4. The zero-order chi connectivity index (χ0) is 23.6. The fourth-order valence-electron chi connectivity index (χ4n) is 5.40. The van der Waals surface area contributed by atoms with Gasteiger partial charge >= 0.3 is 12.0 Å². The molecule has 180 valence electrons. The van der Waals surface area contributed by atoms with E-state index in [1.54, 1.807) is 4.90 Å². The minimum atomic E-state index is -1.57. The van der Waals surface area contributed by atoms with E-state index in [1.807, 2.05) is 4.90 Å². The number of urea groups is 1. The number of likely N-dealkylation sites (tertiary alicyclic amines) is 2. The summed E-state index contributed by atoms with van der Waals surface area (Å²) in [6, 6.07) is 2.94. The quantitative estimate of drug-likeness (QED) is 0.631. The second-order valence-electron chi connectivity index (χ2n) is 9.66. The summed E-state index contributed by atoms with van der Waals surface area (Å²) in [6.45, 7) is 3.05. The molecule has 4 rings (SSSR count). The average Bonchev–Trinajstić information content (AvgIpc) is 2.82. The smallest absolute Gasteiger partial charge is 0.329 e. The first-order chi connectivity index (χ1) is 15.8. The van der Waals surface area contributed by atoms with Crippen molar-refractivity contribution in [2.24, 2.45) is 0 Å². The summed E-state index contributed by atoms with van der Waals surface area (Å²) < 4.78 is 0. The van der Waals surface area contributed by atoms with Crippen molar-refractivity contribution in [3.63, 3.8) is 0 Å². The monoisotopic (exact) mass is 458 g/mol. The topological polar surface area (TPSA) is 123 Å². The van der Waals surface area contributed by atoms with Crippen LogP contribution in [0.5, 0.6) is 0 Å². The number of fused-ring (bicyclic) bond motifs is 1. The molecule has 3 amide bonds. The van der Waals surface area contributed by atoms with Gasteiger partial charge in [0.05, 0.1) is 5.60 Å². The normalized spacial score (nSPS) is 21.8. The first-order valence-electron chi connectivity index (χ1n) is 12.0. The third-order valence-corrected chi connectivity index (χ3v) is 7.42. The fourth-order valence-corrected chi connectivity index (χ4v) is 5.40. The second-order valence-corrected chi connectivity index (χ2v) is 9.66. The zero-order valence-corrected chi connectivity index (χ0v) is 19.3. The van der Waals surface area contributed by atoms with E-state index in [4.69, 9.17) is 4.98 Å². The van der Waals surface area contributed by atoms with E-state index < -0.39 is 23.5 Å². The Hall–Kier alpha value is -2.68. The number of hydrogen-bond acceptors (Lipinski definition) is 5. The molecule has 0 saturated carbocycles. The van der Waals surface area contributed by atoms with Gasteiger partial charge in [-0.25, -0.2) is 9.59 Å². The van der Waals surface area contributed by atoms with E-state index >= 15 is 0 Å². The van der Waals surface area contributed by atoms with Crippen LogP contribution in [0.25, 0.3) is 0 Å². The van der Waals surface area contributed by atoms with Gasteiger partial charge in [-0.15, -0.1) is 0 Å². The number of hydrogen-bond donors (Lipinski definition) is 3. The number of carbonyl (C=O) groups is 3. The number of carboxylic acids is 1. The molecule has 0 unspecified atom stereocenters. The summed E-state index contributed by atoms with van der Waals surface area (Å²) in [5, 5.41) is 22.6. The van der Waals surface area contributed by atoms with E-state index in [1.165, 1.54) is 31.0 Å². The molecule has 33 heavy (non-hydrogen) atoms. The number of carboxylic acid groups (broad SMARTS) is 1. The third-order valence-electron chi connectivity index (χ3n) is 7.42. The van der Waals surface area contributed by atoms with Crippen molar-refractivity contribution < 1.29 is 24.6 Å². The number of aromatic nitrogens is 1. The third kappa shape index (κ3) is 5.13. The zero-order valence-electron chi connectivity index (χ0n) is 19.3. The molecule has 1 aromatic rings. The van der Waals surface area contributed by atoms with Gasteiger partial charge in [0.2, 0.25) is 5.91 Å². The van der Waals surface area contributed by atoms with Gasteiger partial charge in [-0.1, -0.05) is 6.07 Å². The number of pyridine rings is 1. The fraction of sp³-hybridized carbons (Fsp3) is 0.667. The maximum Gasteiger partial charge on any atom is 0.329 e. The van der Waals surface area contributed by atoms with E-state index in [-0.39, 0.29) is 32.0 Å². The van der Waals surface area contributed by atoms with E-state index in [0.717, 1.165) is 31.4 Å². The molecule has 9 heteroatoms. The van der Waals surface area contributed by atoms with E-state index in [2.05, 4.69) is 17.4 Å². The van der Waals surface area contributed by atoms with Crippen LogP contribution in [0.15, 0.2) is 12.1 Å². The van der Waals surface area contributed by atoms with Crippen LogP contribution < -0.4 is 5.32 Å². The Kier molecular flexibility index (Phi) is 6.88. The molecule has 2 aliphatic heterocycles. The first-order valence-corrected chi connectivity index (χ1v) is 12.0. The van der Waals surface area contributed by atoms with Crippen molar-refractivity contribution in [3.05, 3.63) is 29.1 Å². The summed E-state index contributed by atoms with van der Waals surface area (Å²) >= 11 is 0. The van der Waals surface area contributed by atoms with Gasteiger partial charge in [0.25, 0.3) is 0 Å². The predicted molar refractivity (Wildman–Crippen MR) is 121 cm³/mol. The minimum absolute atomic E-state index is 0.0692. The molecule has 2 saturated heterocycles. The molecule has 3 heterocycles. The number of amides is 3. The van der Waals surface area contributed by atoms with Crippen LogP contribution in [-0.2, 0) is 22.4 Å². The SMILES string of the molecule is CC(=O)N[C@H](C(=O)O)C1(O)CCN(C(=O)N2CCC(c3ccc4c(n3)CCCC4)CC2)CC1. The van der Waals surface area contributed by atoms with Gasteiger partial charge in [0.1, 0.15) is 0 Å². The molecule has 2 fully saturated rings. The Labute approximate surface area is 194 Å². The summed E-state index contributed by atoms with van der Waals surface area (Å²) in [4.78, 5) is 44.4. The predicted octanol–water partition coefficient (Wildman–Crippen LogP) is 1.68. The Morgan fingerprint density at radius 3 is 2.33 bits per heavy atom. The number of aryl methyl sites for hydroxylation is 2. The number of nitrogens with zero attached hydrogens (tertiary/aromatic N) is 3. The van der Waals surface area contributed by atoms with Gasteiger partial charge in [-0.05, 0) is 63.0 Å². The molecule has 0 spiro atoms. The van der Waals surface area contributed by atoms with Gasteiger partial charge < -0.3 is 25.3 Å². The Morgan fingerprint density at radius 2 is 1.70 bits per heavy atom. The molecule has 1 aromatic heterocycles. The van der Waals surface area contributed by atoms with Gasteiger partial charge in [-0.2, -0.15) is 0 Å². The van der Waals surface area contributed by atoms with Crippen molar-refractivity contribution in [3.8, 4) is 0 Å². The molecule has 1 atom stereocenters. The number of aliphatic hydroxyl groups is 1. The van der Waals surface area contributed by atoms with Gasteiger partial charge in [0.15, 0.2) is 6.04 Å². The number of carbonyl (C=O) groups excluding carboxylic acids is 2. The summed E-state index contributed by atoms with van der Waals surface area (Å²) in [7, 11) is 0. The van der Waals surface area contributed by atoms with Crippen LogP contribution in [0, 0.1) is 0 Å². The van der Waals surface area contributed by atoms with Crippen LogP contribution in [0.4, 0.5) is 4.79 Å². The lowest BCUT2D eigenvalue weighted by Gasteiger charge is -2.43. The van der Waals surface area contributed by atoms with Crippen LogP contribution >= 0.6 is 0 Å². The minimum Gasteiger partial charge on any atom is -0.480 e. The van der Waals surface area contributed by atoms with Crippen molar-refractivity contribution in [2.75, 3.05) is 26.2 Å². The number of piperidine rings is 2. The van der Waals surface area contributed by atoms with Crippen molar-refractivity contribution in [1.82, 2.24) is 20.1 Å². The van der Waals surface area contributed by atoms with E-state index in [9.17, 15) is 24.6 Å². The second kappa shape index (κ2) is 9.67. The highest BCUT2D eigenvalue weighted by Crippen LogP contribution is 2.31. The first kappa shape index (κ1) is 23.5. The standard InChI is InChI=1S/C24H34N4O5/c1-16(29)25-21(22(30)31)24(33)10-14-28(15-11-24)23(32)27-12-8-18(9-13-27)20-7-6-17-4-2-3-5-19(17)26-20/h6-7,18,21,33H,2-5,8-15H2,1H3,(H,25,29)(H,30,31)/t21-/m1/s1. The molecule has 0 radical (unpaired) electrons. The Morgan fingerprint density at radius 1 is 1.06 bits per heavy atom. The Balaban J connectivity index is 1.31. The lowest BCUT2D eigenvalue weighted by Crippen LogP contribution is -2.62. The largest absolute Gasteiger partial charge is 0.480 e. The van der Waals surface area contributed by atoms with Crippen LogP contribution in [0.2, 0.25) is 0 Å². The summed E-state index contributed by atoms with van der Waals surface area (Å²) in [6.07, 6.45) is 6.59. The lowest BCUT2D eigenvalue weighted by atomic mass is 9.84. The number of rotatable bonds is 4. The maximum atomic E-state index is 13.0. The number of nitrogens with one attached hydrogen (secondary N) is 1. The molecule has 3 N–H and O–H groups in total. The molecule has 0 bridgehead atoms. The molecule has 3 aliphatic rings. The number of aliphatic carboxylic acids is 1. The Bertz CT molecular complexity index is 904.